The molecular weight excluding hydrogens is 450 g/mol. The van der Waals surface area contributed by atoms with E-state index in [2.05, 4.69) is 20.9 Å². The van der Waals surface area contributed by atoms with Gasteiger partial charge in [0, 0.05) is 34.6 Å². The van der Waals surface area contributed by atoms with Gasteiger partial charge in [-0.3, -0.25) is 14.4 Å². The number of rotatable bonds is 10. The lowest BCUT2D eigenvalue weighted by atomic mass is 10.0. The fourth-order valence-corrected chi connectivity index (χ4v) is 4.93. The number of aromatic amines is 1. The zero-order chi connectivity index (χ0) is 24.1. The van der Waals surface area contributed by atoms with E-state index in [9.17, 15) is 14.4 Å². The Labute approximate surface area is 200 Å². The number of carbonyl (C=O) groups excluding carboxylic acids is 3. The minimum Gasteiger partial charge on any atom is -0.361 e. The Bertz CT molecular complexity index is 1310. The van der Waals surface area contributed by atoms with Gasteiger partial charge in [0.25, 0.3) is 0 Å². The Balaban J connectivity index is 1.54. The first-order chi connectivity index (χ1) is 16.5. The molecule has 176 valence electrons. The van der Waals surface area contributed by atoms with Crippen molar-refractivity contribution in [2.24, 2.45) is 5.73 Å². The van der Waals surface area contributed by atoms with Crippen LogP contribution in [0.25, 0.3) is 21.0 Å². The predicted molar refractivity (Wildman–Crippen MR) is 134 cm³/mol. The molecule has 2 aromatic carbocycles. The molecule has 0 fully saturated rings. The Morgan fingerprint density at radius 3 is 2.50 bits per heavy atom. The molecule has 0 aliphatic heterocycles. The molecule has 34 heavy (non-hydrogen) atoms. The highest BCUT2D eigenvalue weighted by atomic mass is 32.1. The van der Waals surface area contributed by atoms with Gasteiger partial charge in [-0.25, -0.2) is 0 Å². The number of thiophene rings is 1. The molecule has 2 aromatic heterocycles. The number of nitrogens with two attached hydrogens (primary N) is 1. The number of hydrogen-bond acceptors (Lipinski definition) is 5. The molecule has 0 aliphatic carbocycles. The number of hydrogen-bond donors (Lipinski definition) is 5. The van der Waals surface area contributed by atoms with Crippen LogP contribution in [0.15, 0.2) is 60.1 Å². The molecule has 0 bridgehead atoms. The van der Waals surface area contributed by atoms with E-state index >= 15 is 0 Å². The van der Waals surface area contributed by atoms with E-state index in [0.717, 1.165) is 32.1 Å². The van der Waals surface area contributed by atoms with Gasteiger partial charge in [-0.05, 0) is 40.9 Å². The number of aromatic nitrogens is 1. The summed E-state index contributed by atoms with van der Waals surface area (Å²) in [5.74, 6) is -0.832. The van der Waals surface area contributed by atoms with Crippen molar-refractivity contribution in [2.45, 2.75) is 38.0 Å². The number of benzene rings is 2. The SMILES string of the molecule is C[C@@H](N)C(=O)NC(Cc1c[nH]c2ccccc12)C(=O)N[C@H](Cc1csc2ccccc12)NC=O. The zero-order valence-corrected chi connectivity index (χ0v) is 19.5. The first-order valence-electron chi connectivity index (χ1n) is 11.0. The van der Waals surface area contributed by atoms with Crippen molar-refractivity contribution >= 4 is 50.6 Å². The van der Waals surface area contributed by atoms with Crippen molar-refractivity contribution in [2.75, 3.05) is 0 Å². The van der Waals surface area contributed by atoms with Crippen LogP contribution >= 0.6 is 11.3 Å². The molecule has 4 aromatic rings. The van der Waals surface area contributed by atoms with Gasteiger partial charge in [0.2, 0.25) is 18.2 Å². The maximum absolute atomic E-state index is 13.3. The van der Waals surface area contributed by atoms with Crippen molar-refractivity contribution in [3.63, 3.8) is 0 Å². The first kappa shape index (κ1) is 23.5. The van der Waals surface area contributed by atoms with Crippen LogP contribution in [0.2, 0.25) is 0 Å². The summed E-state index contributed by atoms with van der Waals surface area (Å²) in [6.45, 7) is 1.56. The lowest BCUT2D eigenvalue weighted by molar-refractivity contribution is -0.130. The third-order valence-corrected chi connectivity index (χ3v) is 6.73. The van der Waals surface area contributed by atoms with Crippen molar-refractivity contribution in [1.29, 1.82) is 0 Å². The lowest BCUT2D eigenvalue weighted by Gasteiger charge is -2.24. The van der Waals surface area contributed by atoms with E-state index in [1.807, 2.05) is 60.1 Å². The van der Waals surface area contributed by atoms with Crippen LogP contribution in [0, 0.1) is 0 Å². The van der Waals surface area contributed by atoms with Gasteiger partial charge in [0.05, 0.1) is 6.04 Å². The number of amides is 3. The summed E-state index contributed by atoms with van der Waals surface area (Å²) in [6, 6.07) is 14.1. The topological polar surface area (TPSA) is 129 Å². The van der Waals surface area contributed by atoms with Crippen molar-refractivity contribution < 1.29 is 14.4 Å². The van der Waals surface area contributed by atoms with Gasteiger partial charge in [0.1, 0.15) is 12.2 Å². The second-order valence-corrected chi connectivity index (χ2v) is 9.13. The minimum absolute atomic E-state index is 0.267. The summed E-state index contributed by atoms with van der Waals surface area (Å²) < 4.78 is 1.13. The number of para-hydroxylation sites is 1. The van der Waals surface area contributed by atoms with Crippen molar-refractivity contribution in [1.82, 2.24) is 20.9 Å². The molecule has 3 atom stereocenters. The molecule has 0 spiro atoms. The molecule has 6 N–H and O–H groups in total. The predicted octanol–water partition coefficient (Wildman–Crippen LogP) is 2.19. The molecule has 0 radical (unpaired) electrons. The quantitative estimate of drug-likeness (QED) is 0.177. The highest BCUT2D eigenvalue weighted by Crippen LogP contribution is 2.26. The lowest BCUT2D eigenvalue weighted by Crippen LogP contribution is -2.56. The van der Waals surface area contributed by atoms with Crippen molar-refractivity contribution in [3.05, 3.63) is 71.2 Å². The molecule has 0 aliphatic rings. The monoisotopic (exact) mass is 477 g/mol. The van der Waals surface area contributed by atoms with E-state index in [4.69, 9.17) is 5.73 Å². The van der Waals surface area contributed by atoms with Gasteiger partial charge in [0.15, 0.2) is 0 Å². The molecule has 4 rings (SSSR count). The van der Waals surface area contributed by atoms with Crippen LogP contribution in [-0.4, -0.2) is 41.5 Å². The van der Waals surface area contributed by atoms with Crippen LogP contribution < -0.4 is 21.7 Å². The van der Waals surface area contributed by atoms with Crippen LogP contribution in [0.4, 0.5) is 0 Å². The Morgan fingerprint density at radius 2 is 1.74 bits per heavy atom. The third kappa shape index (κ3) is 5.27. The summed E-state index contributed by atoms with van der Waals surface area (Å²) >= 11 is 1.61. The van der Waals surface area contributed by atoms with Crippen LogP contribution in [0.1, 0.15) is 18.1 Å². The van der Waals surface area contributed by atoms with Crippen LogP contribution in [-0.2, 0) is 27.2 Å². The summed E-state index contributed by atoms with van der Waals surface area (Å²) in [4.78, 5) is 40.1. The largest absolute Gasteiger partial charge is 0.361 e. The summed E-state index contributed by atoms with van der Waals surface area (Å²) in [5, 5.41) is 12.4. The standard InChI is InChI=1S/C25H27N5O3S/c1-15(26)24(32)29-21(10-16-12-27-20-8-4-2-6-18(16)20)25(33)30-23(28-14-31)11-17-13-34-22-9-5-3-7-19(17)22/h2-9,12-15,21,23,27H,10-11,26H2,1H3,(H,28,31)(H,29,32)(H,30,33)/t15-,21?,23-/m1/s1. The van der Waals surface area contributed by atoms with E-state index < -0.39 is 30.1 Å². The van der Waals surface area contributed by atoms with E-state index in [1.54, 1.807) is 18.3 Å². The fourth-order valence-electron chi connectivity index (χ4n) is 3.95. The van der Waals surface area contributed by atoms with E-state index in [1.165, 1.54) is 0 Å². The van der Waals surface area contributed by atoms with Crippen LogP contribution in [0.3, 0.4) is 0 Å². The molecule has 8 nitrogen and oxygen atoms in total. The number of H-pyrrole nitrogens is 1. The molecule has 2 heterocycles. The fraction of sp³-hybridized carbons (Fsp3) is 0.240. The summed E-state index contributed by atoms with van der Waals surface area (Å²) in [5.41, 5.74) is 8.59. The maximum atomic E-state index is 13.3. The molecular formula is C25H27N5O3S. The van der Waals surface area contributed by atoms with Crippen LogP contribution in [0.5, 0.6) is 0 Å². The van der Waals surface area contributed by atoms with Gasteiger partial charge in [-0.15, -0.1) is 11.3 Å². The molecule has 3 amide bonds. The molecule has 0 saturated carbocycles. The molecule has 1 unspecified atom stereocenters. The first-order valence-corrected chi connectivity index (χ1v) is 11.9. The third-order valence-electron chi connectivity index (χ3n) is 5.72. The van der Waals surface area contributed by atoms with E-state index in [0.29, 0.717) is 12.8 Å². The number of fused-ring (bicyclic) bond motifs is 2. The van der Waals surface area contributed by atoms with Gasteiger partial charge in [-0.2, -0.15) is 0 Å². The molecule has 0 saturated heterocycles. The maximum Gasteiger partial charge on any atom is 0.244 e. The normalized spacial score (nSPS) is 13.8. The summed E-state index contributed by atoms with van der Waals surface area (Å²) in [7, 11) is 0. The summed E-state index contributed by atoms with van der Waals surface area (Å²) in [6.07, 6.45) is 2.44. The number of nitrogens with one attached hydrogen (secondary N) is 4. The van der Waals surface area contributed by atoms with Gasteiger partial charge in [-0.1, -0.05) is 36.4 Å². The van der Waals surface area contributed by atoms with Gasteiger partial charge >= 0.3 is 0 Å². The highest BCUT2D eigenvalue weighted by Gasteiger charge is 2.26. The Morgan fingerprint density at radius 1 is 1.00 bits per heavy atom. The van der Waals surface area contributed by atoms with E-state index in [-0.39, 0.29) is 6.42 Å². The minimum atomic E-state index is -0.868. The second-order valence-electron chi connectivity index (χ2n) is 8.22. The average Bonchev–Trinajstić information content (AvgIpc) is 3.43. The second kappa shape index (κ2) is 10.5. The van der Waals surface area contributed by atoms with Crippen molar-refractivity contribution in [3.8, 4) is 0 Å². The highest BCUT2D eigenvalue weighted by molar-refractivity contribution is 7.17. The Hall–Kier alpha value is -3.69. The zero-order valence-electron chi connectivity index (χ0n) is 18.7. The number of carbonyl (C=O) groups is 3. The average molecular weight is 478 g/mol. The molecule has 9 heteroatoms. The smallest absolute Gasteiger partial charge is 0.244 e. The van der Waals surface area contributed by atoms with Gasteiger partial charge < -0.3 is 26.7 Å². The Kier molecular flexibility index (Phi) is 7.24.